The minimum Gasteiger partial charge on any atom is -0.480 e. The summed E-state index contributed by atoms with van der Waals surface area (Å²) in [6, 6.07) is 3.11. The fourth-order valence-corrected chi connectivity index (χ4v) is 3.05. The number of esters is 3. The highest BCUT2D eigenvalue weighted by atomic mass is 16.6. The zero-order chi connectivity index (χ0) is 24.4. The number of rotatable bonds is 12. The summed E-state index contributed by atoms with van der Waals surface area (Å²) in [4.78, 5) is 47.2. The number of carbonyl (C=O) groups is 4. The standard InChI is InChI=1S/C23H33NO8/c1-6-18(25)31-16-9-8-15(11-17(16)32-19(26)7-2)21(22(24)23(28)29)14(5)12-30-20(27)10-13(3)4/h8-9,11,13-14,21-22H,6-7,10,12,24H2,1-5H3,(H,28,29)/t14?,21?,22-/m0/s1. The third-order valence-electron chi connectivity index (χ3n) is 4.74. The Morgan fingerprint density at radius 2 is 1.50 bits per heavy atom. The molecule has 0 amide bonds. The molecule has 0 aromatic heterocycles. The van der Waals surface area contributed by atoms with Gasteiger partial charge in [-0.2, -0.15) is 0 Å². The Hall–Kier alpha value is -2.94. The van der Waals surface area contributed by atoms with Gasteiger partial charge in [-0.15, -0.1) is 0 Å². The van der Waals surface area contributed by atoms with E-state index in [1.165, 1.54) is 12.1 Å². The predicted molar refractivity (Wildman–Crippen MR) is 116 cm³/mol. The van der Waals surface area contributed by atoms with Crippen molar-refractivity contribution in [1.29, 1.82) is 0 Å². The summed E-state index contributed by atoms with van der Waals surface area (Å²) in [5.41, 5.74) is 6.41. The summed E-state index contributed by atoms with van der Waals surface area (Å²) < 4.78 is 15.8. The average Bonchev–Trinajstić information content (AvgIpc) is 2.73. The lowest BCUT2D eigenvalue weighted by Crippen LogP contribution is -2.40. The molecule has 0 aliphatic heterocycles. The summed E-state index contributed by atoms with van der Waals surface area (Å²) in [5.74, 6) is -3.75. The predicted octanol–water partition coefficient (Wildman–Crippen LogP) is 3.04. The van der Waals surface area contributed by atoms with Gasteiger partial charge in [-0.1, -0.05) is 40.7 Å². The highest BCUT2D eigenvalue weighted by Gasteiger charge is 2.32. The van der Waals surface area contributed by atoms with Crippen molar-refractivity contribution in [3.63, 3.8) is 0 Å². The number of carbonyl (C=O) groups excluding carboxylic acids is 3. The molecule has 9 heteroatoms. The number of hydrogen-bond acceptors (Lipinski definition) is 8. The lowest BCUT2D eigenvalue weighted by molar-refractivity contribution is -0.146. The molecule has 0 fully saturated rings. The Morgan fingerprint density at radius 3 is 2.00 bits per heavy atom. The number of aliphatic carboxylic acids is 1. The normalized spacial score (nSPS) is 13.7. The van der Waals surface area contributed by atoms with Crippen molar-refractivity contribution in [2.45, 2.75) is 65.8 Å². The van der Waals surface area contributed by atoms with Crippen LogP contribution in [-0.2, 0) is 23.9 Å². The molecular weight excluding hydrogens is 418 g/mol. The van der Waals surface area contributed by atoms with E-state index in [0.29, 0.717) is 5.56 Å². The topological polar surface area (TPSA) is 142 Å². The smallest absolute Gasteiger partial charge is 0.321 e. The largest absolute Gasteiger partial charge is 0.480 e. The molecule has 3 atom stereocenters. The third-order valence-corrected chi connectivity index (χ3v) is 4.74. The van der Waals surface area contributed by atoms with Gasteiger partial charge >= 0.3 is 23.9 Å². The molecule has 0 saturated heterocycles. The van der Waals surface area contributed by atoms with Crippen molar-refractivity contribution >= 4 is 23.9 Å². The second-order valence-electron chi connectivity index (χ2n) is 8.01. The fourth-order valence-electron chi connectivity index (χ4n) is 3.05. The molecule has 1 aromatic rings. The van der Waals surface area contributed by atoms with Gasteiger partial charge in [0.25, 0.3) is 0 Å². The maximum absolute atomic E-state index is 11.9. The maximum Gasteiger partial charge on any atom is 0.321 e. The molecule has 0 spiro atoms. The molecule has 1 rings (SSSR count). The van der Waals surface area contributed by atoms with Crippen LogP contribution in [0.2, 0.25) is 0 Å². The first-order valence-corrected chi connectivity index (χ1v) is 10.7. The van der Waals surface area contributed by atoms with E-state index < -0.39 is 35.8 Å². The molecule has 0 saturated carbocycles. The first-order chi connectivity index (χ1) is 15.0. The van der Waals surface area contributed by atoms with Crippen LogP contribution < -0.4 is 15.2 Å². The van der Waals surface area contributed by atoms with E-state index in [0.717, 1.165) is 0 Å². The van der Waals surface area contributed by atoms with Crippen molar-refractivity contribution in [3.05, 3.63) is 23.8 Å². The van der Waals surface area contributed by atoms with E-state index in [9.17, 15) is 24.3 Å². The number of carboxylic acid groups (broad SMARTS) is 1. The second-order valence-corrected chi connectivity index (χ2v) is 8.01. The van der Waals surface area contributed by atoms with E-state index in [2.05, 4.69) is 0 Å². The van der Waals surface area contributed by atoms with Gasteiger partial charge in [0.1, 0.15) is 6.04 Å². The number of hydrogen-bond donors (Lipinski definition) is 2. The second kappa shape index (κ2) is 12.8. The van der Waals surface area contributed by atoms with Gasteiger partial charge in [-0.3, -0.25) is 19.2 Å². The van der Waals surface area contributed by atoms with Crippen LogP contribution in [0, 0.1) is 11.8 Å². The Morgan fingerprint density at radius 1 is 0.938 bits per heavy atom. The molecule has 3 N–H and O–H groups in total. The van der Waals surface area contributed by atoms with Crippen molar-refractivity contribution < 1.29 is 38.5 Å². The zero-order valence-electron chi connectivity index (χ0n) is 19.3. The first kappa shape index (κ1) is 27.1. The monoisotopic (exact) mass is 451 g/mol. The summed E-state index contributed by atoms with van der Waals surface area (Å²) in [6.45, 7) is 8.70. The van der Waals surface area contributed by atoms with Crippen LogP contribution >= 0.6 is 0 Å². The minimum atomic E-state index is -1.31. The van der Waals surface area contributed by atoms with E-state index in [1.807, 2.05) is 13.8 Å². The lowest BCUT2D eigenvalue weighted by atomic mass is 9.82. The highest BCUT2D eigenvalue weighted by molar-refractivity contribution is 5.77. The molecule has 1 aromatic carbocycles. The van der Waals surface area contributed by atoms with Crippen LogP contribution in [0.4, 0.5) is 0 Å². The van der Waals surface area contributed by atoms with Crippen LogP contribution in [0.3, 0.4) is 0 Å². The number of carboxylic acids is 1. The quantitative estimate of drug-likeness (QED) is 0.362. The fraction of sp³-hybridized carbons (Fsp3) is 0.565. The van der Waals surface area contributed by atoms with Gasteiger partial charge in [-0.05, 0) is 29.5 Å². The van der Waals surface area contributed by atoms with E-state index in [1.54, 1.807) is 26.8 Å². The van der Waals surface area contributed by atoms with Gasteiger partial charge in [0, 0.05) is 25.2 Å². The van der Waals surface area contributed by atoms with Crippen molar-refractivity contribution in [2.75, 3.05) is 6.61 Å². The molecule has 0 heterocycles. The Balaban J connectivity index is 3.28. The summed E-state index contributed by atoms with van der Waals surface area (Å²) in [6.07, 6.45) is 0.455. The van der Waals surface area contributed by atoms with E-state index >= 15 is 0 Å². The lowest BCUT2D eigenvalue weighted by Gasteiger charge is -2.28. The van der Waals surface area contributed by atoms with Crippen LogP contribution in [-0.4, -0.2) is 41.6 Å². The first-order valence-electron chi connectivity index (χ1n) is 10.7. The van der Waals surface area contributed by atoms with Crippen molar-refractivity contribution in [1.82, 2.24) is 0 Å². The van der Waals surface area contributed by atoms with Crippen LogP contribution in [0.5, 0.6) is 11.5 Å². The van der Waals surface area contributed by atoms with E-state index in [-0.39, 0.29) is 49.3 Å². The molecule has 32 heavy (non-hydrogen) atoms. The maximum atomic E-state index is 11.9. The molecule has 0 aliphatic rings. The van der Waals surface area contributed by atoms with Crippen LogP contribution in [0.15, 0.2) is 18.2 Å². The molecule has 178 valence electrons. The van der Waals surface area contributed by atoms with E-state index in [4.69, 9.17) is 19.9 Å². The van der Waals surface area contributed by atoms with Gasteiger partial charge in [-0.25, -0.2) is 0 Å². The zero-order valence-corrected chi connectivity index (χ0v) is 19.3. The SMILES string of the molecule is CCC(=O)Oc1ccc(C(C(C)COC(=O)CC(C)C)[C@H](N)C(=O)O)cc1OC(=O)CC. The molecule has 0 radical (unpaired) electrons. The highest BCUT2D eigenvalue weighted by Crippen LogP contribution is 2.36. The van der Waals surface area contributed by atoms with Gasteiger partial charge < -0.3 is 25.1 Å². The van der Waals surface area contributed by atoms with Gasteiger partial charge in [0.2, 0.25) is 0 Å². The Kier molecular flexibility index (Phi) is 10.8. The van der Waals surface area contributed by atoms with Gasteiger partial charge in [0.15, 0.2) is 11.5 Å². The molecule has 0 aliphatic carbocycles. The molecular formula is C23H33NO8. The third kappa shape index (κ3) is 8.30. The number of benzene rings is 1. The van der Waals surface area contributed by atoms with Crippen molar-refractivity contribution in [3.8, 4) is 11.5 Å². The number of nitrogens with two attached hydrogens (primary N) is 1. The Labute approximate surface area is 188 Å². The minimum absolute atomic E-state index is 0.0114. The summed E-state index contributed by atoms with van der Waals surface area (Å²) in [5, 5.41) is 9.53. The molecule has 9 nitrogen and oxygen atoms in total. The number of ether oxygens (including phenoxy) is 3. The van der Waals surface area contributed by atoms with Gasteiger partial charge in [0.05, 0.1) is 6.61 Å². The average molecular weight is 452 g/mol. The van der Waals surface area contributed by atoms with Crippen LogP contribution in [0.25, 0.3) is 0 Å². The van der Waals surface area contributed by atoms with Crippen molar-refractivity contribution in [2.24, 2.45) is 17.6 Å². The Bertz CT molecular complexity index is 820. The molecule has 0 bridgehead atoms. The molecule has 2 unspecified atom stereocenters. The summed E-state index contributed by atoms with van der Waals surface area (Å²) in [7, 11) is 0. The van der Waals surface area contributed by atoms with Crippen LogP contribution in [0.1, 0.15) is 65.4 Å². The summed E-state index contributed by atoms with van der Waals surface area (Å²) >= 11 is 0.